The van der Waals surface area contributed by atoms with Crippen molar-refractivity contribution < 1.29 is 4.79 Å². The molecule has 4 aliphatic rings. The number of fused-ring (bicyclic) bond motifs is 5. The molecule has 17 heavy (non-hydrogen) atoms. The van der Waals surface area contributed by atoms with Gasteiger partial charge in [-0.15, -0.1) is 0 Å². The van der Waals surface area contributed by atoms with Gasteiger partial charge in [0.15, 0.2) is 0 Å². The molecule has 1 saturated heterocycles. The van der Waals surface area contributed by atoms with Crippen LogP contribution in [0.25, 0.3) is 0 Å². The van der Waals surface area contributed by atoms with Gasteiger partial charge in [-0.3, -0.25) is 4.79 Å². The van der Waals surface area contributed by atoms with Crippen molar-refractivity contribution in [1.82, 2.24) is 10.2 Å². The van der Waals surface area contributed by atoms with E-state index < -0.39 is 0 Å². The van der Waals surface area contributed by atoms with E-state index >= 15 is 0 Å². The van der Waals surface area contributed by atoms with Crippen molar-refractivity contribution in [2.45, 2.75) is 31.7 Å². The van der Waals surface area contributed by atoms with Gasteiger partial charge in [-0.05, 0) is 55.9 Å². The van der Waals surface area contributed by atoms with Crippen LogP contribution in [0.15, 0.2) is 0 Å². The minimum Gasteiger partial charge on any atom is -0.341 e. The fraction of sp³-hybridized carbons (Fsp3) is 0.929. The molecule has 1 aliphatic heterocycles. The molecule has 1 heterocycles. The molecule has 0 radical (unpaired) electrons. The highest BCUT2D eigenvalue weighted by atomic mass is 16.2. The maximum absolute atomic E-state index is 12.5. The van der Waals surface area contributed by atoms with Crippen molar-refractivity contribution in [3.8, 4) is 0 Å². The zero-order valence-corrected chi connectivity index (χ0v) is 10.6. The summed E-state index contributed by atoms with van der Waals surface area (Å²) in [7, 11) is 2.02. The van der Waals surface area contributed by atoms with Crippen LogP contribution < -0.4 is 5.32 Å². The van der Waals surface area contributed by atoms with Crippen molar-refractivity contribution in [2.75, 3.05) is 20.1 Å². The molecule has 4 fully saturated rings. The molecular weight excluding hydrogens is 212 g/mol. The molecule has 4 rings (SSSR count). The van der Waals surface area contributed by atoms with Crippen molar-refractivity contribution in [2.24, 2.45) is 29.6 Å². The van der Waals surface area contributed by atoms with Crippen molar-refractivity contribution >= 4 is 5.91 Å². The molecular formula is C14H22N2O. The predicted octanol–water partition coefficient (Wildman–Crippen LogP) is 1.10. The molecule has 0 aromatic heterocycles. The molecule has 0 aromatic rings. The first-order valence-corrected chi connectivity index (χ1v) is 7.25. The van der Waals surface area contributed by atoms with E-state index in [1.165, 1.54) is 19.3 Å². The van der Waals surface area contributed by atoms with E-state index in [1.807, 2.05) is 7.05 Å². The normalized spacial score (nSPS) is 50.4. The van der Waals surface area contributed by atoms with Gasteiger partial charge in [-0.25, -0.2) is 0 Å². The summed E-state index contributed by atoms with van der Waals surface area (Å²) in [6, 6.07) is 0.460. The molecule has 0 spiro atoms. The maximum atomic E-state index is 12.5. The molecule has 3 nitrogen and oxygen atoms in total. The molecule has 1 amide bonds. The summed E-state index contributed by atoms with van der Waals surface area (Å²) in [5.74, 6) is 4.29. The van der Waals surface area contributed by atoms with Crippen LogP contribution in [0.4, 0.5) is 0 Å². The number of nitrogens with one attached hydrogen (secondary N) is 1. The molecule has 5 unspecified atom stereocenters. The number of carbonyl (C=O) groups excluding carboxylic acids is 1. The smallest absolute Gasteiger partial charge is 0.226 e. The molecule has 5 atom stereocenters. The quantitative estimate of drug-likeness (QED) is 0.776. The van der Waals surface area contributed by atoms with E-state index in [0.717, 1.165) is 43.2 Å². The zero-order chi connectivity index (χ0) is 11.6. The number of hydrogen-bond acceptors (Lipinski definition) is 2. The summed E-state index contributed by atoms with van der Waals surface area (Å²) < 4.78 is 0. The van der Waals surface area contributed by atoms with E-state index in [1.54, 1.807) is 0 Å². The molecule has 3 heteroatoms. The van der Waals surface area contributed by atoms with Gasteiger partial charge in [0, 0.05) is 25.6 Å². The second-order valence-electron chi connectivity index (χ2n) is 6.61. The number of amides is 1. The van der Waals surface area contributed by atoms with Crippen LogP contribution in [0.5, 0.6) is 0 Å². The SMILES string of the molecule is CN(C(=O)C1C2C3CCC(C3)C12)C1CCNC1. The number of carbonyl (C=O) groups is 1. The number of likely N-dealkylation sites (N-methyl/N-ethyl adjacent to an activating group) is 1. The fourth-order valence-electron chi connectivity index (χ4n) is 5.04. The second kappa shape index (κ2) is 3.47. The Morgan fingerprint density at radius 1 is 1.18 bits per heavy atom. The lowest BCUT2D eigenvalue weighted by Crippen LogP contribution is -2.40. The van der Waals surface area contributed by atoms with Gasteiger partial charge in [0.1, 0.15) is 0 Å². The van der Waals surface area contributed by atoms with Crippen LogP contribution >= 0.6 is 0 Å². The lowest BCUT2D eigenvalue weighted by atomic mass is 10.0. The monoisotopic (exact) mass is 234 g/mol. The maximum Gasteiger partial charge on any atom is 0.226 e. The Bertz CT molecular complexity index is 334. The van der Waals surface area contributed by atoms with Crippen molar-refractivity contribution in [3.05, 3.63) is 0 Å². The van der Waals surface area contributed by atoms with E-state index in [-0.39, 0.29) is 0 Å². The fourth-order valence-corrected chi connectivity index (χ4v) is 5.04. The second-order valence-corrected chi connectivity index (χ2v) is 6.61. The van der Waals surface area contributed by atoms with Crippen LogP contribution in [0.1, 0.15) is 25.7 Å². The first-order valence-electron chi connectivity index (χ1n) is 7.25. The van der Waals surface area contributed by atoms with Gasteiger partial charge < -0.3 is 10.2 Å². The van der Waals surface area contributed by atoms with Crippen LogP contribution in [0, 0.1) is 29.6 Å². The third kappa shape index (κ3) is 1.35. The minimum atomic E-state index is 0.423. The predicted molar refractivity (Wildman–Crippen MR) is 65.3 cm³/mol. The lowest BCUT2D eigenvalue weighted by molar-refractivity contribution is -0.134. The Labute approximate surface area is 103 Å². The van der Waals surface area contributed by atoms with Crippen LogP contribution in [0.3, 0.4) is 0 Å². The highest BCUT2D eigenvalue weighted by Crippen LogP contribution is 2.69. The molecule has 94 valence electrons. The molecule has 3 aliphatic carbocycles. The van der Waals surface area contributed by atoms with Gasteiger partial charge in [-0.2, -0.15) is 0 Å². The topological polar surface area (TPSA) is 32.3 Å². The first-order chi connectivity index (χ1) is 8.27. The van der Waals surface area contributed by atoms with Gasteiger partial charge in [0.25, 0.3) is 0 Å². The third-order valence-corrected chi connectivity index (χ3v) is 5.95. The highest BCUT2D eigenvalue weighted by Gasteiger charge is 2.67. The Kier molecular flexibility index (Phi) is 2.11. The van der Waals surface area contributed by atoms with E-state index in [4.69, 9.17) is 0 Å². The van der Waals surface area contributed by atoms with Gasteiger partial charge in [0.2, 0.25) is 5.91 Å². The molecule has 1 N–H and O–H groups in total. The van der Waals surface area contributed by atoms with Crippen molar-refractivity contribution in [1.29, 1.82) is 0 Å². The largest absolute Gasteiger partial charge is 0.341 e. The number of rotatable bonds is 2. The summed E-state index contributed by atoms with van der Waals surface area (Å²) in [4.78, 5) is 14.6. The standard InChI is InChI=1S/C14H22N2O/c1-16(10-4-5-15-7-10)14(17)13-11-8-2-3-9(6-8)12(11)13/h8-13,15H,2-7H2,1H3. The Balaban J connectivity index is 1.45. The summed E-state index contributed by atoms with van der Waals surface area (Å²) in [6.45, 7) is 2.07. The molecule has 2 bridgehead atoms. The Hall–Kier alpha value is -0.570. The summed E-state index contributed by atoms with van der Waals surface area (Å²) in [5.41, 5.74) is 0. The average Bonchev–Trinajstić information content (AvgIpc) is 2.83. The summed E-state index contributed by atoms with van der Waals surface area (Å²) >= 11 is 0. The van der Waals surface area contributed by atoms with Gasteiger partial charge >= 0.3 is 0 Å². The number of nitrogens with zero attached hydrogens (tertiary/aromatic N) is 1. The van der Waals surface area contributed by atoms with Gasteiger partial charge in [-0.1, -0.05) is 0 Å². The summed E-state index contributed by atoms with van der Waals surface area (Å²) in [6.07, 6.45) is 5.39. The van der Waals surface area contributed by atoms with Crippen LogP contribution in [-0.2, 0) is 4.79 Å². The zero-order valence-electron chi connectivity index (χ0n) is 10.6. The lowest BCUT2D eigenvalue weighted by Gasteiger charge is -2.25. The molecule has 3 saturated carbocycles. The third-order valence-electron chi connectivity index (χ3n) is 5.95. The van der Waals surface area contributed by atoms with E-state index in [2.05, 4.69) is 10.2 Å². The Morgan fingerprint density at radius 2 is 1.88 bits per heavy atom. The molecule has 0 aromatic carbocycles. The van der Waals surface area contributed by atoms with Gasteiger partial charge in [0.05, 0.1) is 0 Å². The minimum absolute atomic E-state index is 0.423. The van der Waals surface area contributed by atoms with Crippen LogP contribution in [0.2, 0.25) is 0 Å². The average molecular weight is 234 g/mol. The Morgan fingerprint density at radius 3 is 2.47 bits per heavy atom. The first kappa shape index (κ1) is 10.4. The highest BCUT2D eigenvalue weighted by molar-refractivity contribution is 5.83. The van der Waals surface area contributed by atoms with E-state index in [9.17, 15) is 4.79 Å². The van der Waals surface area contributed by atoms with Crippen molar-refractivity contribution in [3.63, 3.8) is 0 Å². The van der Waals surface area contributed by atoms with Crippen LogP contribution in [-0.4, -0.2) is 37.0 Å². The number of hydrogen-bond donors (Lipinski definition) is 1. The van der Waals surface area contributed by atoms with E-state index in [0.29, 0.717) is 17.9 Å². The summed E-state index contributed by atoms with van der Waals surface area (Å²) in [5, 5.41) is 3.35.